The molecule has 0 saturated carbocycles. The molecule has 0 aromatic heterocycles. The molecule has 1 rings (SSSR count). The molecule has 0 fully saturated rings. The standard InChI is InChI=1S/C9H12O3.C3H8/c1-10-7-5-4-6-8(11-2)9(7)12-3;1-3-2/h4-6H,1-3H3;3H2,1-2H3. The van der Waals surface area contributed by atoms with Crippen LogP contribution < -0.4 is 14.2 Å². The van der Waals surface area contributed by atoms with E-state index in [9.17, 15) is 0 Å². The van der Waals surface area contributed by atoms with Crippen LogP contribution in [0.25, 0.3) is 0 Å². The fourth-order valence-electron chi connectivity index (χ4n) is 1.02. The Kier molecular flexibility index (Phi) is 7.24. The van der Waals surface area contributed by atoms with Gasteiger partial charge in [-0.2, -0.15) is 0 Å². The van der Waals surface area contributed by atoms with Crippen LogP contribution in [0.2, 0.25) is 0 Å². The molecule has 1 aromatic carbocycles. The van der Waals surface area contributed by atoms with Gasteiger partial charge in [-0.3, -0.25) is 0 Å². The van der Waals surface area contributed by atoms with E-state index in [0.717, 1.165) is 0 Å². The molecule has 0 radical (unpaired) electrons. The molecular formula is C12H20O3. The van der Waals surface area contributed by atoms with Crippen LogP contribution in [0.5, 0.6) is 17.2 Å². The molecule has 0 spiro atoms. The van der Waals surface area contributed by atoms with Gasteiger partial charge in [0, 0.05) is 0 Å². The van der Waals surface area contributed by atoms with Crippen LogP contribution >= 0.6 is 0 Å². The molecule has 0 unspecified atom stereocenters. The van der Waals surface area contributed by atoms with E-state index < -0.39 is 0 Å². The minimum atomic E-state index is 0.627. The summed E-state index contributed by atoms with van der Waals surface area (Å²) in [7, 11) is 4.77. The zero-order valence-corrected chi connectivity index (χ0v) is 10.2. The molecule has 0 bridgehead atoms. The minimum Gasteiger partial charge on any atom is -0.493 e. The van der Waals surface area contributed by atoms with Gasteiger partial charge in [0.05, 0.1) is 21.3 Å². The van der Waals surface area contributed by atoms with E-state index in [-0.39, 0.29) is 0 Å². The van der Waals surface area contributed by atoms with Gasteiger partial charge in [0.2, 0.25) is 5.75 Å². The van der Waals surface area contributed by atoms with E-state index in [0.29, 0.717) is 17.2 Å². The van der Waals surface area contributed by atoms with Crippen molar-refractivity contribution in [3.05, 3.63) is 18.2 Å². The van der Waals surface area contributed by atoms with Crippen molar-refractivity contribution >= 4 is 0 Å². The van der Waals surface area contributed by atoms with E-state index in [4.69, 9.17) is 14.2 Å². The van der Waals surface area contributed by atoms with Gasteiger partial charge in [0.1, 0.15) is 0 Å². The Labute approximate surface area is 92.0 Å². The third-order valence-corrected chi connectivity index (χ3v) is 1.59. The first-order valence-electron chi connectivity index (χ1n) is 5.00. The summed E-state index contributed by atoms with van der Waals surface area (Å²) in [5, 5.41) is 0. The van der Waals surface area contributed by atoms with Crippen LogP contribution in [0, 0.1) is 0 Å². The Morgan fingerprint density at radius 3 is 1.53 bits per heavy atom. The van der Waals surface area contributed by atoms with Gasteiger partial charge < -0.3 is 14.2 Å². The summed E-state index contributed by atoms with van der Waals surface area (Å²) in [6, 6.07) is 5.49. The van der Waals surface area contributed by atoms with E-state index in [2.05, 4.69) is 13.8 Å². The first kappa shape index (κ1) is 13.6. The Bertz CT molecular complexity index is 249. The van der Waals surface area contributed by atoms with E-state index in [1.807, 2.05) is 18.2 Å². The van der Waals surface area contributed by atoms with Gasteiger partial charge in [-0.15, -0.1) is 0 Å². The lowest BCUT2D eigenvalue weighted by Crippen LogP contribution is -1.93. The van der Waals surface area contributed by atoms with Gasteiger partial charge in [0.25, 0.3) is 0 Å². The molecule has 3 heteroatoms. The SMILES string of the molecule is CCC.COc1cccc(OC)c1OC. The predicted octanol–water partition coefficient (Wildman–Crippen LogP) is 3.13. The summed E-state index contributed by atoms with van der Waals surface area (Å²) in [4.78, 5) is 0. The number of para-hydroxylation sites is 1. The van der Waals surface area contributed by atoms with Crippen molar-refractivity contribution < 1.29 is 14.2 Å². The average molecular weight is 212 g/mol. The third-order valence-electron chi connectivity index (χ3n) is 1.59. The van der Waals surface area contributed by atoms with Crippen LogP contribution in [-0.2, 0) is 0 Å². The molecule has 1 aromatic rings. The molecule has 0 aliphatic heterocycles. The summed E-state index contributed by atoms with van der Waals surface area (Å²) >= 11 is 0. The fraction of sp³-hybridized carbons (Fsp3) is 0.500. The van der Waals surface area contributed by atoms with Crippen LogP contribution in [0.3, 0.4) is 0 Å². The molecule has 0 aliphatic carbocycles. The Balaban J connectivity index is 0.000000583. The van der Waals surface area contributed by atoms with E-state index in [1.165, 1.54) is 6.42 Å². The lowest BCUT2D eigenvalue weighted by molar-refractivity contribution is 0.324. The second-order valence-corrected chi connectivity index (χ2v) is 2.90. The zero-order chi connectivity index (χ0) is 11.7. The van der Waals surface area contributed by atoms with Crippen molar-refractivity contribution in [3.8, 4) is 17.2 Å². The third kappa shape index (κ3) is 4.11. The van der Waals surface area contributed by atoms with Crippen LogP contribution in [-0.4, -0.2) is 21.3 Å². The van der Waals surface area contributed by atoms with Crippen molar-refractivity contribution in [2.75, 3.05) is 21.3 Å². The average Bonchev–Trinajstić information content (AvgIpc) is 2.28. The number of hydrogen-bond acceptors (Lipinski definition) is 3. The number of hydrogen-bond donors (Lipinski definition) is 0. The Morgan fingerprint density at radius 2 is 1.27 bits per heavy atom. The molecular weight excluding hydrogens is 192 g/mol. The molecule has 15 heavy (non-hydrogen) atoms. The molecule has 0 N–H and O–H groups in total. The number of methoxy groups -OCH3 is 3. The summed E-state index contributed by atoms with van der Waals surface area (Å²) in [6.45, 7) is 4.25. The van der Waals surface area contributed by atoms with E-state index in [1.54, 1.807) is 21.3 Å². The highest BCUT2D eigenvalue weighted by Crippen LogP contribution is 2.35. The predicted molar refractivity (Wildman–Crippen MR) is 62.1 cm³/mol. The smallest absolute Gasteiger partial charge is 0.203 e. The molecule has 86 valence electrons. The number of ether oxygens (including phenoxy) is 3. The molecule has 0 amide bonds. The van der Waals surface area contributed by atoms with Gasteiger partial charge >= 0.3 is 0 Å². The van der Waals surface area contributed by atoms with Gasteiger partial charge in [0.15, 0.2) is 11.5 Å². The van der Waals surface area contributed by atoms with Gasteiger partial charge in [-0.1, -0.05) is 26.3 Å². The van der Waals surface area contributed by atoms with Crippen molar-refractivity contribution in [3.63, 3.8) is 0 Å². The summed E-state index contributed by atoms with van der Waals surface area (Å²) in [5.74, 6) is 1.98. The van der Waals surface area contributed by atoms with Gasteiger partial charge in [-0.05, 0) is 12.1 Å². The van der Waals surface area contributed by atoms with E-state index >= 15 is 0 Å². The molecule has 0 heterocycles. The molecule has 3 nitrogen and oxygen atoms in total. The molecule has 0 atom stereocenters. The zero-order valence-electron chi connectivity index (χ0n) is 10.2. The maximum atomic E-state index is 5.11. The van der Waals surface area contributed by atoms with Crippen LogP contribution in [0.4, 0.5) is 0 Å². The van der Waals surface area contributed by atoms with Crippen molar-refractivity contribution in [2.24, 2.45) is 0 Å². The van der Waals surface area contributed by atoms with Gasteiger partial charge in [-0.25, -0.2) is 0 Å². The normalized spacial score (nSPS) is 8.60. The molecule has 0 aliphatic rings. The molecule has 0 saturated heterocycles. The van der Waals surface area contributed by atoms with Crippen molar-refractivity contribution in [1.82, 2.24) is 0 Å². The monoisotopic (exact) mass is 212 g/mol. The number of benzene rings is 1. The second-order valence-electron chi connectivity index (χ2n) is 2.90. The highest BCUT2D eigenvalue weighted by molar-refractivity contribution is 5.50. The minimum absolute atomic E-state index is 0.627. The highest BCUT2D eigenvalue weighted by atomic mass is 16.5. The maximum Gasteiger partial charge on any atom is 0.203 e. The fourth-order valence-corrected chi connectivity index (χ4v) is 1.02. The number of rotatable bonds is 3. The topological polar surface area (TPSA) is 27.7 Å². The van der Waals surface area contributed by atoms with Crippen molar-refractivity contribution in [1.29, 1.82) is 0 Å². The first-order chi connectivity index (χ1) is 7.24. The van der Waals surface area contributed by atoms with Crippen molar-refractivity contribution in [2.45, 2.75) is 20.3 Å². The quantitative estimate of drug-likeness (QED) is 0.770. The summed E-state index contributed by atoms with van der Waals surface area (Å²) in [5.41, 5.74) is 0. The van der Waals surface area contributed by atoms with Crippen LogP contribution in [0.15, 0.2) is 18.2 Å². The summed E-state index contributed by atoms with van der Waals surface area (Å²) < 4.78 is 15.3. The Hall–Kier alpha value is -1.38. The first-order valence-corrected chi connectivity index (χ1v) is 5.00. The summed E-state index contributed by atoms with van der Waals surface area (Å²) in [6.07, 6.45) is 1.25. The second kappa shape index (κ2) is 7.97. The maximum absolute atomic E-state index is 5.11. The lowest BCUT2D eigenvalue weighted by Gasteiger charge is -2.10. The lowest BCUT2D eigenvalue weighted by atomic mass is 10.3. The highest BCUT2D eigenvalue weighted by Gasteiger charge is 2.08. The Morgan fingerprint density at radius 1 is 0.867 bits per heavy atom. The van der Waals surface area contributed by atoms with Crippen LogP contribution in [0.1, 0.15) is 20.3 Å². The largest absolute Gasteiger partial charge is 0.493 e.